The Hall–Kier alpha value is -0.983. The van der Waals surface area contributed by atoms with Crippen molar-refractivity contribution in [2.75, 3.05) is 12.4 Å². The van der Waals surface area contributed by atoms with Gasteiger partial charge in [-0.15, -0.1) is 11.8 Å². The molecule has 1 aromatic rings. The van der Waals surface area contributed by atoms with Crippen LogP contribution in [-0.2, 0) is 4.74 Å². The van der Waals surface area contributed by atoms with Gasteiger partial charge in [-0.3, -0.25) is 0 Å². The largest absolute Gasteiger partial charge is 0.357 e. The van der Waals surface area contributed by atoms with Crippen LogP contribution in [0.5, 0.6) is 0 Å². The van der Waals surface area contributed by atoms with E-state index >= 15 is 0 Å². The zero-order valence-corrected chi connectivity index (χ0v) is 15.5. The van der Waals surface area contributed by atoms with E-state index in [1.165, 1.54) is 5.56 Å². The molecule has 3 atom stereocenters. The molecule has 2 saturated heterocycles. The predicted octanol–water partition coefficient (Wildman–Crippen LogP) is 3.74. The van der Waals surface area contributed by atoms with Crippen molar-refractivity contribution in [2.45, 2.75) is 44.2 Å². The van der Waals surface area contributed by atoms with E-state index < -0.39 is 8.24 Å². The SMILES string of the molecule is CCOC1[C@@H]2CSC(c3ccccc3)N2C(=O)N1[Si](C)(C)C. The van der Waals surface area contributed by atoms with E-state index in [9.17, 15) is 4.79 Å². The summed E-state index contributed by atoms with van der Waals surface area (Å²) in [6, 6.07) is 10.6. The number of thioether (sulfide) groups is 1. The molecule has 2 amide bonds. The molecule has 2 aliphatic heterocycles. The number of rotatable bonds is 4. The van der Waals surface area contributed by atoms with E-state index in [0.717, 1.165) is 5.75 Å². The van der Waals surface area contributed by atoms with Crippen molar-refractivity contribution >= 4 is 26.0 Å². The van der Waals surface area contributed by atoms with Gasteiger partial charge in [-0.1, -0.05) is 50.0 Å². The first kappa shape index (κ1) is 15.9. The van der Waals surface area contributed by atoms with Crippen molar-refractivity contribution in [1.82, 2.24) is 9.47 Å². The van der Waals surface area contributed by atoms with Crippen LogP contribution in [0.25, 0.3) is 0 Å². The molecule has 120 valence electrons. The van der Waals surface area contributed by atoms with Crippen molar-refractivity contribution in [3.8, 4) is 0 Å². The normalized spacial score (nSPS) is 28.4. The Bertz CT molecular complexity index is 549. The van der Waals surface area contributed by atoms with Crippen LogP contribution in [0.1, 0.15) is 17.9 Å². The van der Waals surface area contributed by atoms with E-state index in [2.05, 4.69) is 41.2 Å². The summed E-state index contributed by atoms with van der Waals surface area (Å²) in [6.45, 7) is 9.29. The molecule has 0 saturated carbocycles. The Kier molecular flexibility index (Phi) is 4.27. The second-order valence-electron chi connectivity index (χ2n) is 6.74. The molecule has 0 spiro atoms. The van der Waals surface area contributed by atoms with E-state index in [1.54, 1.807) is 0 Å². The van der Waals surface area contributed by atoms with Crippen LogP contribution in [0.3, 0.4) is 0 Å². The summed E-state index contributed by atoms with van der Waals surface area (Å²) in [7, 11) is -1.78. The second kappa shape index (κ2) is 5.90. The van der Waals surface area contributed by atoms with Crippen LogP contribution in [-0.4, -0.2) is 48.4 Å². The molecule has 2 heterocycles. The summed E-state index contributed by atoms with van der Waals surface area (Å²) in [5.74, 6) is 0.941. The molecule has 0 N–H and O–H groups in total. The van der Waals surface area contributed by atoms with Gasteiger partial charge in [0.05, 0.1) is 6.04 Å². The summed E-state index contributed by atoms with van der Waals surface area (Å²) >= 11 is 1.85. The number of fused-ring (bicyclic) bond motifs is 1. The minimum absolute atomic E-state index is 0.0922. The summed E-state index contributed by atoms with van der Waals surface area (Å²) in [5.41, 5.74) is 1.20. The van der Waals surface area contributed by atoms with Crippen LogP contribution < -0.4 is 0 Å². The van der Waals surface area contributed by atoms with Crippen LogP contribution in [0.15, 0.2) is 30.3 Å². The zero-order chi connectivity index (χ0) is 15.9. The third kappa shape index (κ3) is 2.57. The number of nitrogens with zero attached hydrogens (tertiary/aromatic N) is 2. The van der Waals surface area contributed by atoms with Crippen LogP contribution >= 0.6 is 11.8 Å². The molecule has 2 fully saturated rings. The highest BCUT2D eigenvalue weighted by atomic mass is 32.2. The van der Waals surface area contributed by atoms with E-state index in [-0.39, 0.29) is 23.7 Å². The molecule has 4 nitrogen and oxygen atoms in total. The average Bonchev–Trinajstić information content (AvgIpc) is 3.00. The smallest absolute Gasteiger partial charge is 0.315 e. The lowest BCUT2D eigenvalue weighted by molar-refractivity contribution is -0.00351. The van der Waals surface area contributed by atoms with Gasteiger partial charge in [0.25, 0.3) is 0 Å². The number of urea groups is 1. The van der Waals surface area contributed by atoms with Crippen molar-refractivity contribution in [3.05, 3.63) is 35.9 Å². The van der Waals surface area contributed by atoms with Gasteiger partial charge in [0.15, 0.2) is 8.24 Å². The Morgan fingerprint density at radius 2 is 1.95 bits per heavy atom. The lowest BCUT2D eigenvalue weighted by atomic mass is 10.2. The molecular formula is C16H24N2O2SSi. The fourth-order valence-corrected chi connectivity index (χ4v) is 6.45. The maximum atomic E-state index is 13.1. The molecular weight excluding hydrogens is 312 g/mol. The van der Waals surface area contributed by atoms with Crippen molar-refractivity contribution in [3.63, 3.8) is 0 Å². The molecule has 22 heavy (non-hydrogen) atoms. The molecule has 3 rings (SSSR count). The van der Waals surface area contributed by atoms with Crippen LogP contribution in [0.2, 0.25) is 19.6 Å². The molecule has 0 radical (unpaired) electrons. The minimum atomic E-state index is -1.78. The Morgan fingerprint density at radius 1 is 1.27 bits per heavy atom. The Morgan fingerprint density at radius 3 is 2.55 bits per heavy atom. The summed E-state index contributed by atoms with van der Waals surface area (Å²) < 4.78 is 8.05. The van der Waals surface area contributed by atoms with Crippen molar-refractivity contribution in [2.24, 2.45) is 0 Å². The summed E-state index contributed by atoms with van der Waals surface area (Å²) in [6.07, 6.45) is -0.0922. The molecule has 2 unspecified atom stereocenters. The van der Waals surface area contributed by atoms with Gasteiger partial charge < -0.3 is 14.2 Å². The van der Waals surface area contributed by atoms with Gasteiger partial charge in [-0.2, -0.15) is 0 Å². The second-order valence-corrected chi connectivity index (χ2v) is 12.7. The molecule has 0 aliphatic carbocycles. The quantitative estimate of drug-likeness (QED) is 0.785. The molecule has 0 aromatic heterocycles. The molecule has 1 aromatic carbocycles. The number of amides is 2. The monoisotopic (exact) mass is 336 g/mol. The number of carbonyl (C=O) groups excluding carboxylic acids is 1. The zero-order valence-electron chi connectivity index (χ0n) is 13.7. The fourth-order valence-electron chi connectivity index (χ4n) is 3.29. The first-order valence-electron chi connectivity index (χ1n) is 7.85. The van der Waals surface area contributed by atoms with Crippen molar-refractivity contribution < 1.29 is 9.53 Å². The highest BCUT2D eigenvalue weighted by Crippen LogP contribution is 2.48. The van der Waals surface area contributed by atoms with Crippen LogP contribution in [0.4, 0.5) is 4.79 Å². The molecule has 0 bridgehead atoms. The van der Waals surface area contributed by atoms with Gasteiger partial charge in [-0.05, 0) is 12.5 Å². The number of hydrogen-bond acceptors (Lipinski definition) is 3. The third-order valence-corrected chi connectivity index (χ3v) is 7.43. The van der Waals surface area contributed by atoms with Gasteiger partial charge in [0.1, 0.15) is 11.6 Å². The van der Waals surface area contributed by atoms with Gasteiger partial charge >= 0.3 is 6.03 Å². The lowest BCUT2D eigenvalue weighted by Crippen LogP contribution is -2.53. The summed E-state index contributed by atoms with van der Waals surface area (Å²) in [5, 5.41) is 0.114. The predicted molar refractivity (Wildman–Crippen MR) is 93.3 cm³/mol. The first-order chi connectivity index (χ1) is 10.4. The van der Waals surface area contributed by atoms with Crippen molar-refractivity contribution in [1.29, 1.82) is 0 Å². The molecule has 2 aliphatic rings. The number of carbonyl (C=O) groups is 1. The molecule has 6 heteroatoms. The standard InChI is InChI=1S/C16H24N2O2SSi/c1-5-20-14-13-11-21-15(12-9-7-6-8-10-12)17(13)16(19)18(14)22(2,3)4/h6-10,13-15H,5,11H2,1-4H3/t13-,14?,15?/m0/s1. The van der Waals surface area contributed by atoms with E-state index in [4.69, 9.17) is 4.74 Å². The number of benzene rings is 1. The third-order valence-electron chi connectivity index (χ3n) is 4.19. The number of ether oxygens (including phenoxy) is 1. The topological polar surface area (TPSA) is 32.8 Å². The minimum Gasteiger partial charge on any atom is -0.357 e. The first-order valence-corrected chi connectivity index (χ1v) is 12.3. The van der Waals surface area contributed by atoms with Crippen LogP contribution in [0, 0.1) is 0 Å². The average molecular weight is 337 g/mol. The highest BCUT2D eigenvalue weighted by Gasteiger charge is 2.56. The maximum Gasteiger partial charge on any atom is 0.315 e. The van der Waals surface area contributed by atoms with Gasteiger partial charge in [-0.25, -0.2) is 4.79 Å². The number of hydrogen-bond donors (Lipinski definition) is 0. The fraction of sp³-hybridized carbons (Fsp3) is 0.562. The maximum absolute atomic E-state index is 13.1. The lowest BCUT2D eigenvalue weighted by Gasteiger charge is -2.35. The van der Waals surface area contributed by atoms with Gasteiger partial charge in [0, 0.05) is 12.4 Å². The summed E-state index contributed by atoms with van der Waals surface area (Å²) in [4.78, 5) is 15.1. The Labute approximate surface area is 137 Å². The van der Waals surface area contributed by atoms with Gasteiger partial charge in [0.2, 0.25) is 0 Å². The Balaban J connectivity index is 1.94. The van der Waals surface area contributed by atoms with E-state index in [1.807, 2.05) is 36.9 Å². The highest BCUT2D eigenvalue weighted by molar-refractivity contribution is 7.99. The van der Waals surface area contributed by atoms with E-state index in [0.29, 0.717) is 6.61 Å².